The first-order valence-corrected chi connectivity index (χ1v) is 7.98. The lowest BCUT2D eigenvalue weighted by Gasteiger charge is -2.19. The van der Waals surface area contributed by atoms with Gasteiger partial charge in [0.05, 0.1) is 0 Å². The van der Waals surface area contributed by atoms with E-state index in [4.69, 9.17) is 0 Å². The second-order valence-corrected chi connectivity index (χ2v) is 5.77. The highest BCUT2D eigenvalue weighted by atomic mass is 15.1. The first-order chi connectivity index (χ1) is 10.2. The monoisotopic (exact) mass is 285 g/mol. The van der Waals surface area contributed by atoms with Gasteiger partial charge in [-0.3, -0.25) is 0 Å². The van der Waals surface area contributed by atoms with Gasteiger partial charge in [-0.25, -0.2) is 4.98 Å². The maximum absolute atomic E-state index is 4.50. The maximum Gasteiger partial charge on any atom is 0.110 e. The summed E-state index contributed by atoms with van der Waals surface area (Å²) in [5.41, 5.74) is 2.73. The third-order valence-electron chi connectivity index (χ3n) is 3.99. The fraction of sp³-hybridized carbons (Fsp3) is 0.500. The Hall–Kier alpha value is -1.61. The quantitative estimate of drug-likeness (QED) is 0.835. The van der Waals surface area contributed by atoms with Gasteiger partial charge in [0.25, 0.3) is 0 Å². The van der Waals surface area contributed by atoms with Crippen LogP contribution < -0.4 is 5.32 Å². The van der Waals surface area contributed by atoms with Crippen LogP contribution in [-0.2, 0) is 13.0 Å². The fourth-order valence-corrected chi connectivity index (χ4v) is 2.67. The SMILES string of the molecule is CCNC(Cc1nccn1CC)c1ccc(C(C)C)cc1. The Morgan fingerprint density at radius 2 is 1.76 bits per heavy atom. The van der Waals surface area contributed by atoms with Gasteiger partial charge in [0.15, 0.2) is 0 Å². The molecule has 1 aromatic carbocycles. The third-order valence-corrected chi connectivity index (χ3v) is 3.99. The van der Waals surface area contributed by atoms with Crippen molar-refractivity contribution >= 4 is 0 Å². The van der Waals surface area contributed by atoms with Crippen molar-refractivity contribution in [2.24, 2.45) is 0 Å². The van der Waals surface area contributed by atoms with E-state index in [0.29, 0.717) is 12.0 Å². The van der Waals surface area contributed by atoms with E-state index < -0.39 is 0 Å². The van der Waals surface area contributed by atoms with Crippen LogP contribution in [0.15, 0.2) is 36.7 Å². The van der Waals surface area contributed by atoms with E-state index >= 15 is 0 Å². The zero-order valence-corrected chi connectivity index (χ0v) is 13.6. The predicted molar refractivity (Wildman–Crippen MR) is 88.6 cm³/mol. The number of benzene rings is 1. The summed E-state index contributed by atoms with van der Waals surface area (Å²) >= 11 is 0. The molecule has 114 valence electrons. The highest BCUT2D eigenvalue weighted by Crippen LogP contribution is 2.21. The van der Waals surface area contributed by atoms with E-state index in [-0.39, 0.29) is 0 Å². The number of nitrogens with one attached hydrogen (secondary N) is 1. The number of aryl methyl sites for hydroxylation is 1. The molecule has 21 heavy (non-hydrogen) atoms. The van der Waals surface area contributed by atoms with Crippen molar-refractivity contribution in [3.8, 4) is 0 Å². The summed E-state index contributed by atoms with van der Waals surface area (Å²) in [5, 5.41) is 3.58. The molecule has 0 saturated carbocycles. The Bertz CT molecular complexity index is 540. The summed E-state index contributed by atoms with van der Waals surface area (Å²) < 4.78 is 2.22. The van der Waals surface area contributed by atoms with Crippen LogP contribution >= 0.6 is 0 Å². The molecule has 0 saturated heterocycles. The van der Waals surface area contributed by atoms with Gasteiger partial charge < -0.3 is 9.88 Å². The van der Waals surface area contributed by atoms with Crippen LogP contribution in [0.4, 0.5) is 0 Å². The Morgan fingerprint density at radius 1 is 1.10 bits per heavy atom. The summed E-state index contributed by atoms with van der Waals surface area (Å²) in [6, 6.07) is 9.32. The van der Waals surface area contributed by atoms with Gasteiger partial charge in [0, 0.05) is 31.4 Å². The zero-order valence-electron chi connectivity index (χ0n) is 13.6. The molecule has 0 fully saturated rings. The van der Waals surface area contributed by atoms with Gasteiger partial charge in [-0.05, 0) is 30.5 Å². The molecule has 0 aliphatic heterocycles. The van der Waals surface area contributed by atoms with Gasteiger partial charge in [-0.2, -0.15) is 0 Å². The minimum Gasteiger partial charge on any atom is -0.335 e. The Morgan fingerprint density at radius 3 is 2.33 bits per heavy atom. The summed E-state index contributed by atoms with van der Waals surface area (Å²) in [6.07, 6.45) is 4.87. The minimum atomic E-state index is 0.323. The fourth-order valence-electron chi connectivity index (χ4n) is 2.67. The summed E-state index contributed by atoms with van der Waals surface area (Å²) in [4.78, 5) is 4.50. The van der Waals surface area contributed by atoms with Crippen LogP contribution in [0.25, 0.3) is 0 Å². The number of nitrogens with zero attached hydrogens (tertiary/aromatic N) is 2. The molecular formula is C18H27N3. The molecule has 0 amide bonds. The highest BCUT2D eigenvalue weighted by Gasteiger charge is 2.14. The lowest BCUT2D eigenvalue weighted by molar-refractivity contribution is 0.522. The van der Waals surface area contributed by atoms with Crippen LogP contribution in [0.5, 0.6) is 0 Å². The molecule has 1 unspecified atom stereocenters. The topological polar surface area (TPSA) is 29.9 Å². The normalized spacial score (nSPS) is 12.8. The maximum atomic E-state index is 4.50. The molecule has 0 bridgehead atoms. The predicted octanol–water partition coefficient (Wildman–Crippen LogP) is 3.92. The molecule has 0 aliphatic rings. The van der Waals surface area contributed by atoms with E-state index in [1.54, 1.807) is 0 Å². The molecule has 0 radical (unpaired) electrons. The average Bonchev–Trinajstić information content (AvgIpc) is 2.94. The third kappa shape index (κ3) is 3.94. The average molecular weight is 285 g/mol. The van der Waals surface area contributed by atoms with Crippen LogP contribution in [0.2, 0.25) is 0 Å². The standard InChI is InChI=1S/C18H27N3/c1-5-19-17(13-18-20-11-12-21(18)6-2)16-9-7-15(8-10-16)14(3)4/h7-12,14,17,19H,5-6,13H2,1-4H3. The summed E-state index contributed by atoms with van der Waals surface area (Å²) in [7, 11) is 0. The van der Waals surface area contributed by atoms with E-state index in [2.05, 4.69) is 73.0 Å². The number of hydrogen-bond acceptors (Lipinski definition) is 2. The molecule has 3 heteroatoms. The van der Waals surface area contributed by atoms with E-state index in [1.165, 1.54) is 11.1 Å². The van der Waals surface area contributed by atoms with E-state index in [1.807, 2.05) is 6.20 Å². The molecule has 0 aliphatic carbocycles. The van der Waals surface area contributed by atoms with Crippen molar-refractivity contribution in [1.82, 2.24) is 14.9 Å². The Kier molecular flexibility index (Phi) is 5.57. The number of hydrogen-bond donors (Lipinski definition) is 1. The first kappa shape index (κ1) is 15.8. The second-order valence-electron chi connectivity index (χ2n) is 5.77. The number of rotatable bonds is 7. The molecule has 1 heterocycles. The van der Waals surface area contributed by atoms with Crippen LogP contribution in [-0.4, -0.2) is 16.1 Å². The lowest BCUT2D eigenvalue weighted by atomic mass is 9.97. The van der Waals surface area contributed by atoms with Crippen molar-refractivity contribution < 1.29 is 0 Å². The number of imidazole rings is 1. The molecule has 2 rings (SSSR count). The molecule has 3 nitrogen and oxygen atoms in total. The molecular weight excluding hydrogens is 258 g/mol. The van der Waals surface area contributed by atoms with E-state index in [9.17, 15) is 0 Å². The highest BCUT2D eigenvalue weighted by molar-refractivity contribution is 5.27. The smallest absolute Gasteiger partial charge is 0.110 e. The van der Waals surface area contributed by atoms with Gasteiger partial charge >= 0.3 is 0 Å². The Labute approximate surface area is 128 Å². The molecule has 0 spiro atoms. The second kappa shape index (κ2) is 7.41. The van der Waals surface area contributed by atoms with E-state index in [0.717, 1.165) is 25.3 Å². The van der Waals surface area contributed by atoms with Crippen molar-refractivity contribution in [3.63, 3.8) is 0 Å². The van der Waals surface area contributed by atoms with Crippen LogP contribution in [0, 0.1) is 0 Å². The summed E-state index contributed by atoms with van der Waals surface area (Å²) in [5.74, 6) is 1.73. The van der Waals surface area contributed by atoms with Gasteiger partial charge in [-0.15, -0.1) is 0 Å². The largest absolute Gasteiger partial charge is 0.335 e. The molecule has 1 aromatic heterocycles. The number of likely N-dealkylation sites (N-methyl/N-ethyl adjacent to an activating group) is 1. The molecule has 1 N–H and O–H groups in total. The lowest BCUT2D eigenvalue weighted by Crippen LogP contribution is -2.24. The van der Waals surface area contributed by atoms with Gasteiger partial charge in [-0.1, -0.05) is 45.0 Å². The number of aromatic nitrogens is 2. The van der Waals surface area contributed by atoms with Gasteiger partial charge in [0.2, 0.25) is 0 Å². The molecule has 1 atom stereocenters. The minimum absolute atomic E-state index is 0.323. The zero-order chi connectivity index (χ0) is 15.2. The van der Waals surface area contributed by atoms with Gasteiger partial charge in [0.1, 0.15) is 5.82 Å². The Balaban J connectivity index is 2.18. The molecule has 2 aromatic rings. The van der Waals surface area contributed by atoms with Crippen LogP contribution in [0.3, 0.4) is 0 Å². The van der Waals surface area contributed by atoms with Crippen molar-refractivity contribution in [3.05, 3.63) is 53.6 Å². The van der Waals surface area contributed by atoms with Crippen molar-refractivity contribution in [2.75, 3.05) is 6.54 Å². The first-order valence-electron chi connectivity index (χ1n) is 7.98. The van der Waals surface area contributed by atoms with Crippen LogP contribution in [0.1, 0.15) is 56.6 Å². The summed E-state index contributed by atoms with van der Waals surface area (Å²) in [6.45, 7) is 10.7. The van der Waals surface area contributed by atoms with Crippen molar-refractivity contribution in [1.29, 1.82) is 0 Å². The van der Waals surface area contributed by atoms with Crippen molar-refractivity contribution in [2.45, 2.75) is 52.6 Å².